The first-order chi connectivity index (χ1) is 11.5. The number of rotatable bonds is 4. The van der Waals surface area contributed by atoms with Gasteiger partial charge in [-0.1, -0.05) is 28.9 Å². The maximum atomic E-state index is 12.2. The van der Waals surface area contributed by atoms with Crippen LogP contribution in [-0.4, -0.2) is 21.1 Å². The summed E-state index contributed by atoms with van der Waals surface area (Å²) in [6.45, 7) is -0.275. The Labute approximate surface area is 139 Å². The van der Waals surface area contributed by atoms with Gasteiger partial charge in [0, 0.05) is 16.7 Å². The number of esters is 1. The fourth-order valence-electron chi connectivity index (χ4n) is 2.02. The molecule has 3 aromatic rings. The van der Waals surface area contributed by atoms with Crippen molar-refractivity contribution in [1.29, 1.82) is 0 Å². The molecule has 122 valence electrons. The number of halogens is 1. The van der Waals surface area contributed by atoms with Crippen molar-refractivity contribution in [2.24, 2.45) is 0 Å². The van der Waals surface area contributed by atoms with E-state index >= 15 is 0 Å². The number of aromatic amines is 2. The number of aromatic nitrogens is 3. The first kappa shape index (κ1) is 15.8. The van der Waals surface area contributed by atoms with Crippen molar-refractivity contribution in [3.63, 3.8) is 0 Å². The molecule has 0 aliphatic rings. The minimum absolute atomic E-state index is 0.115. The zero-order valence-corrected chi connectivity index (χ0v) is 12.8. The summed E-state index contributed by atoms with van der Waals surface area (Å²) in [5.41, 5.74) is -0.0520. The van der Waals surface area contributed by atoms with Gasteiger partial charge in [0.2, 0.25) is 0 Å². The summed E-state index contributed by atoms with van der Waals surface area (Å²) in [5.74, 6) is -0.706. The minimum Gasteiger partial charge on any atom is -0.456 e. The molecule has 1 aromatic carbocycles. The highest BCUT2D eigenvalue weighted by atomic mass is 35.5. The van der Waals surface area contributed by atoms with Gasteiger partial charge in [-0.15, -0.1) is 0 Å². The van der Waals surface area contributed by atoms with E-state index in [-0.39, 0.29) is 17.9 Å². The Bertz CT molecular complexity index is 959. The Morgan fingerprint density at radius 3 is 2.67 bits per heavy atom. The molecule has 2 N–H and O–H groups in total. The summed E-state index contributed by atoms with van der Waals surface area (Å²) in [6.07, 6.45) is 1.16. The van der Waals surface area contributed by atoms with Gasteiger partial charge in [-0.2, -0.15) is 0 Å². The first-order valence-electron chi connectivity index (χ1n) is 6.73. The minimum atomic E-state index is -0.706. The number of carbonyl (C=O) groups is 1. The Hall–Kier alpha value is -3.13. The van der Waals surface area contributed by atoms with E-state index in [0.717, 1.165) is 12.3 Å². The second-order valence-corrected chi connectivity index (χ2v) is 5.21. The van der Waals surface area contributed by atoms with Crippen LogP contribution < -0.4 is 11.2 Å². The third kappa shape index (κ3) is 3.44. The average Bonchev–Trinajstić information content (AvgIpc) is 3.02. The number of nitrogens with one attached hydrogen (secondary N) is 2. The van der Waals surface area contributed by atoms with E-state index in [0.29, 0.717) is 16.3 Å². The Morgan fingerprint density at radius 1 is 1.21 bits per heavy atom. The Morgan fingerprint density at radius 2 is 1.96 bits per heavy atom. The molecule has 2 heterocycles. The van der Waals surface area contributed by atoms with E-state index in [4.69, 9.17) is 20.9 Å². The molecule has 0 aliphatic heterocycles. The van der Waals surface area contributed by atoms with Gasteiger partial charge in [-0.25, -0.2) is 9.59 Å². The van der Waals surface area contributed by atoms with Crippen LogP contribution in [0.1, 0.15) is 16.1 Å². The lowest BCUT2D eigenvalue weighted by Gasteiger charge is -2.04. The molecular weight excluding hydrogens is 338 g/mol. The number of nitrogens with zero attached hydrogens (tertiary/aromatic N) is 1. The molecule has 0 amide bonds. The molecule has 0 atom stereocenters. The van der Waals surface area contributed by atoms with Crippen LogP contribution in [0.15, 0.2) is 50.7 Å². The standard InChI is InChI=1S/C15H10ClN3O5/c16-9-3-1-8(2-4-9)13-11(7-24-19-13)14(21)23-6-10-5-12(20)18-15(22)17-10/h1-5,7H,6H2,(H2,17,18,20,22). The van der Waals surface area contributed by atoms with E-state index in [2.05, 4.69) is 10.1 Å². The summed E-state index contributed by atoms with van der Waals surface area (Å²) >= 11 is 5.83. The lowest BCUT2D eigenvalue weighted by molar-refractivity contribution is 0.0467. The molecule has 0 fully saturated rings. The maximum absolute atomic E-state index is 12.2. The second-order valence-electron chi connectivity index (χ2n) is 4.77. The summed E-state index contributed by atoms with van der Waals surface area (Å²) < 4.78 is 9.93. The molecule has 0 spiro atoms. The number of hydrogen-bond donors (Lipinski definition) is 2. The van der Waals surface area contributed by atoms with Gasteiger partial charge in [0.1, 0.15) is 24.1 Å². The molecular formula is C15H10ClN3O5. The van der Waals surface area contributed by atoms with Gasteiger partial charge in [-0.3, -0.25) is 9.78 Å². The Balaban J connectivity index is 1.79. The van der Waals surface area contributed by atoms with Crippen LogP contribution in [0.4, 0.5) is 0 Å². The molecule has 0 aliphatic carbocycles. The zero-order chi connectivity index (χ0) is 17.1. The van der Waals surface area contributed by atoms with E-state index in [1.807, 2.05) is 4.98 Å². The predicted octanol–water partition coefficient (Wildman–Crippen LogP) is 1.73. The second kappa shape index (κ2) is 6.55. The molecule has 0 radical (unpaired) electrons. The van der Waals surface area contributed by atoms with E-state index in [1.165, 1.54) is 0 Å². The van der Waals surface area contributed by atoms with E-state index in [1.54, 1.807) is 24.3 Å². The van der Waals surface area contributed by atoms with Crippen molar-refractivity contribution in [3.05, 3.63) is 73.7 Å². The summed E-state index contributed by atoms with van der Waals surface area (Å²) in [6, 6.07) is 7.81. The highest BCUT2D eigenvalue weighted by Gasteiger charge is 2.19. The number of benzene rings is 1. The van der Waals surface area contributed by atoms with Crippen LogP contribution in [0.3, 0.4) is 0 Å². The first-order valence-corrected chi connectivity index (χ1v) is 7.10. The van der Waals surface area contributed by atoms with Crippen LogP contribution in [0.2, 0.25) is 5.02 Å². The monoisotopic (exact) mass is 347 g/mol. The smallest absolute Gasteiger partial charge is 0.344 e. The lowest BCUT2D eigenvalue weighted by Crippen LogP contribution is -2.23. The molecule has 8 nitrogen and oxygen atoms in total. The van der Waals surface area contributed by atoms with Gasteiger partial charge in [0.15, 0.2) is 0 Å². The van der Waals surface area contributed by atoms with Crippen LogP contribution in [0.25, 0.3) is 11.3 Å². The highest BCUT2D eigenvalue weighted by molar-refractivity contribution is 6.30. The van der Waals surface area contributed by atoms with Gasteiger partial charge in [0.25, 0.3) is 5.56 Å². The molecule has 3 rings (SSSR count). The number of carbonyl (C=O) groups excluding carboxylic acids is 1. The van der Waals surface area contributed by atoms with Gasteiger partial charge < -0.3 is 14.2 Å². The molecule has 0 saturated heterocycles. The van der Waals surface area contributed by atoms with Crippen molar-refractivity contribution in [3.8, 4) is 11.3 Å². The number of ether oxygens (including phenoxy) is 1. The molecule has 0 bridgehead atoms. The quantitative estimate of drug-likeness (QED) is 0.694. The fraction of sp³-hybridized carbons (Fsp3) is 0.0667. The number of hydrogen-bond acceptors (Lipinski definition) is 6. The molecule has 0 unspecified atom stereocenters. The summed E-state index contributed by atoms with van der Waals surface area (Å²) in [4.78, 5) is 38.9. The SMILES string of the molecule is O=C(OCc1cc(=O)[nH]c(=O)[nH]1)c1conc1-c1ccc(Cl)cc1. The Kier molecular flexibility index (Phi) is 4.30. The highest BCUT2D eigenvalue weighted by Crippen LogP contribution is 2.24. The maximum Gasteiger partial charge on any atom is 0.344 e. The predicted molar refractivity (Wildman–Crippen MR) is 83.8 cm³/mol. The third-order valence-corrected chi connectivity index (χ3v) is 3.33. The largest absolute Gasteiger partial charge is 0.456 e. The van der Waals surface area contributed by atoms with E-state index < -0.39 is 17.2 Å². The topological polar surface area (TPSA) is 118 Å². The fourth-order valence-corrected chi connectivity index (χ4v) is 2.14. The van der Waals surface area contributed by atoms with Crippen molar-refractivity contribution < 1.29 is 14.1 Å². The molecule has 0 saturated carbocycles. The van der Waals surface area contributed by atoms with Crippen molar-refractivity contribution in [2.75, 3.05) is 0 Å². The van der Waals surface area contributed by atoms with Crippen LogP contribution in [0, 0.1) is 0 Å². The van der Waals surface area contributed by atoms with Crippen molar-refractivity contribution >= 4 is 17.6 Å². The number of H-pyrrole nitrogens is 2. The van der Waals surface area contributed by atoms with Crippen LogP contribution in [-0.2, 0) is 11.3 Å². The summed E-state index contributed by atoms with van der Waals surface area (Å²) in [7, 11) is 0. The summed E-state index contributed by atoms with van der Waals surface area (Å²) in [5, 5.41) is 4.33. The normalized spacial score (nSPS) is 10.5. The molecule has 24 heavy (non-hydrogen) atoms. The lowest BCUT2D eigenvalue weighted by atomic mass is 10.1. The molecule has 9 heteroatoms. The van der Waals surface area contributed by atoms with Crippen LogP contribution >= 0.6 is 11.6 Å². The van der Waals surface area contributed by atoms with Crippen molar-refractivity contribution in [2.45, 2.75) is 6.61 Å². The van der Waals surface area contributed by atoms with Crippen LogP contribution in [0.5, 0.6) is 0 Å². The van der Waals surface area contributed by atoms with Gasteiger partial charge in [0.05, 0.1) is 5.69 Å². The molecule has 2 aromatic heterocycles. The average molecular weight is 348 g/mol. The van der Waals surface area contributed by atoms with Gasteiger partial charge >= 0.3 is 11.7 Å². The van der Waals surface area contributed by atoms with Gasteiger partial charge in [-0.05, 0) is 12.1 Å². The van der Waals surface area contributed by atoms with E-state index in [9.17, 15) is 14.4 Å². The van der Waals surface area contributed by atoms with Crippen molar-refractivity contribution in [1.82, 2.24) is 15.1 Å². The third-order valence-electron chi connectivity index (χ3n) is 3.08. The zero-order valence-electron chi connectivity index (χ0n) is 12.0.